The third-order valence-corrected chi connectivity index (χ3v) is 4.45. The van der Waals surface area contributed by atoms with E-state index in [1.54, 1.807) is 0 Å². The Morgan fingerprint density at radius 3 is 2.41 bits per heavy atom. The van der Waals surface area contributed by atoms with Gasteiger partial charge in [-0.1, -0.05) is 62.4 Å². The average Bonchev–Trinajstić information content (AvgIpc) is 2.60. The summed E-state index contributed by atoms with van der Waals surface area (Å²) in [6, 6.07) is 17.6. The molecule has 0 aromatic heterocycles. The topological polar surface area (TPSA) is 15.6 Å². The SMILES string of the molecule is CCN(CC)Cc1ccc(C2=NCCc3ccccc32)cc1. The van der Waals surface area contributed by atoms with Crippen LogP contribution in [0.2, 0.25) is 0 Å². The van der Waals surface area contributed by atoms with Crippen molar-refractivity contribution in [3.63, 3.8) is 0 Å². The van der Waals surface area contributed by atoms with Crippen LogP contribution in [0.15, 0.2) is 53.5 Å². The summed E-state index contributed by atoms with van der Waals surface area (Å²) in [5.41, 5.74) is 6.47. The molecule has 0 bridgehead atoms. The molecule has 2 aromatic carbocycles. The first-order valence-electron chi connectivity index (χ1n) is 8.26. The monoisotopic (exact) mass is 292 g/mol. The van der Waals surface area contributed by atoms with Crippen LogP contribution >= 0.6 is 0 Å². The molecule has 2 heteroatoms. The predicted octanol–water partition coefficient (Wildman–Crippen LogP) is 3.92. The van der Waals surface area contributed by atoms with Crippen molar-refractivity contribution >= 4 is 5.71 Å². The minimum atomic E-state index is 0.896. The number of rotatable bonds is 5. The lowest BCUT2D eigenvalue weighted by molar-refractivity contribution is 0.296. The molecule has 114 valence electrons. The second-order valence-corrected chi connectivity index (χ2v) is 5.80. The molecule has 0 saturated heterocycles. The molecular formula is C20H24N2. The third-order valence-electron chi connectivity index (χ3n) is 4.45. The quantitative estimate of drug-likeness (QED) is 0.815. The molecule has 3 rings (SSSR count). The second-order valence-electron chi connectivity index (χ2n) is 5.80. The molecule has 2 nitrogen and oxygen atoms in total. The highest BCUT2D eigenvalue weighted by Crippen LogP contribution is 2.20. The molecule has 0 radical (unpaired) electrons. The van der Waals surface area contributed by atoms with Gasteiger partial charge >= 0.3 is 0 Å². The Kier molecular flexibility index (Phi) is 4.69. The van der Waals surface area contributed by atoms with Crippen molar-refractivity contribution in [2.24, 2.45) is 4.99 Å². The van der Waals surface area contributed by atoms with Crippen molar-refractivity contribution in [1.29, 1.82) is 0 Å². The number of aliphatic imine (C=N–C) groups is 1. The lowest BCUT2D eigenvalue weighted by atomic mass is 9.93. The largest absolute Gasteiger partial charge is 0.300 e. The fourth-order valence-corrected chi connectivity index (χ4v) is 3.06. The van der Waals surface area contributed by atoms with E-state index in [2.05, 4.69) is 67.3 Å². The van der Waals surface area contributed by atoms with Crippen LogP contribution in [0.3, 0.4) is 0 Å². The van der Waals surface area contributed by atoms with E-state index in [9.17, 15) is 0 Å². The van der Waals surface area contributed by atoms with Crippen LogP contribution in [-0.2, 0) is 13.0 Å². The maximum absolute atomic E-state index is 4.77. The molecule has 0 atom stereocenters. The molecule has 0 spiro atoms. The number of hydrogen-bond donors (Lipinski definition) is 0. The number of fused-ring (bicyclic) bond motifs is 1. The Hall–Kier alpha value is -1.93. The van der Waals surface area contributed by atoms with Crippen LogP contribution in [-0.4, -0.2) is 30.2 Å². The van der Waals surface area contributed by atoms with E-state index < -0.39 is 0 Å². The molecule has 0 N–H and O–H groups in total. The van der Waals surface area contributed by atoms with Gasteiger partial charge in [0.1, 0.15) is 0 Å². The van der Waals surface area contributed by atoms with Gasteiger partial charge in [-0.05, 0) is 30.6 Å². The summed E-state index contributed by atoms with van der Waals surface area (Å²) in [5, 5.41) is 0. The highest BCUT2D eigenvalue weighted by Gasteiger charge is 2.15. The van der Waals surface area contributed by atoms with Gasteiger partial charge in [0.05, 0.1) is 5.71 Å². The summed E-state index contributed by atoms with van der Waals surface area (Å²) in [7, 11) is 0. The van der Waals surface area contributed by atoms with E-state index >= 15 is 0 Å². The highest BCUT2D eigenvalue weighted by atomic mass is 15.1. The minimum Gasteiger partial charge on any atom is -0.300 e. The fraction of sp³-hybridized carbons (Fsp3) is 0.350. The summed E-state index contributed by atoms with van der Waals surface area (Å²) in [6.07, 6.45) is 1.06. The van der Waals surface area contributed by atoms with Crippen molar-refractivity contribution in [2.75, 3.05) is 19.6 Å². The first kappa shape index (κ1) is 15.0. The normalized spacial score (nSPS) is 13.9. The van der Waals surface area contributed by atoms with Gasteiger partial charge in [0.15, 0.2) is 0 Å². The van der Waals surface area contributed by atoms with Crippen LogP contribution < -0.4 is 0 Å². The minimum absolute atomic E-state index is 0.896. The standard InChI is InChI=1S/C20H24N2/c1-3-22(4-2)15-16-9-11-18(12-10-16)20-19-8-6-5-7-17(19)13-14-21-20/h5-12H,3-4,13-15H2,1-2H3. The van der Waals surface area contributed by atoms with Gasteiger partial charge in [0.25, 0.3) is 0 Å². The Bertz CT molecular complexity index is 652. The van der Waals surface area contributed by atoms with E-state index in [1.165, 1.54) is 22.3 Å². The summed E-state index contributed by atoms with van der Waals surface area (Å²) in [5.74, 6) is 0. The first-order valence-corrected chi connectivity index (χ1v) is 8.26. The van der Waals surface area contributed by atoms with E-state index in [4.69, 9.17) is 4.99 Å². The van der Waals surface area contributed by atoms with Gasteiger partial charge in [0, 0.05) is 24.2 Å². The average molecular weight is 292 g/mol. The van der Waals surface area contributed by atoms with Crippen molar-refractivity contribution < 1.29 is 0 Å². The zero-order chi connectivity index (χ0) is 15.4. The Balaban J connectivity index is 1.83. The highest BCUT2D eigenvalue weighted by molar-refractivity contribution is 6.14. The third kappa shape index (κ3) is 3.12. The van der Waals surface area contributed by atoms with E-state index in [0.29, 0.717) is 0 Å². The van der Waals surface area contributed by atoms with Crippen LogP contribution in [0, 0.1) is 0 Å². The maximum Gasteiger partial charge on any atom is 0.0721 e. The lowest BCUT2D eigenvalue weighted by Gasteiger charge is -2.19. The van der Waals surface area contributed by atoms with E-state index in [0.717, 1.165) is 38.3 Å². The van der Waals surface area contributed by atoms with E-state index in [-0.39, 0.29) is 0 Å². The molecule has 2 aromatic rings. The Morgan fingerprint density at radius 1 is 0.955 bits per heavy atom. The summed E-state index contributed by atoms with van der Waals surface area (Å²) in [4.78, 5) is 7.20. The summed E-state index contributed by atoms with van der Waals surface area (Å²) < 4.78 is 0. The zero-order valence-electron chi connectivity index (χ0n) is 13.5. The van der Waals surface area contributed by atoms with Gasteiger partial charge in [0.2, 0.25) is 0 Å². The molecule has 0 saturated carbocycles. The lowest BCUT2D eigenvalue weighted by Crippen LogP contribution is -2.22. The maximum atomic E-state index is 4.77. The van der Waals surface area contributed by atoms with Crippen molar-refractivity contribution in [1.82, 2.24) is 4.90 Å². The first-order chi connectivity index (χ1) is 10.8. The number of benzene rings is 2. The molecule has 0 amide bonds. The van der Waals surface area contributed by atoms with Crippen LogP contribution in [0.1, 0.15) is 36.1 Å². The smallest absolute Gasteiger partial charge is 0.0721 e. The van der Waals surface area contributed by atoms with Crippen LogP contribution in [0.5, 0.6) is 0 Å². The Labute approximate surface area is 133 Å². The van der Waals surface area contributed by atoms with Crippen LogP contribution in [0.25, 0.3) is 0 Å². The molecule has 22 heavy (non-hydrogen) atoms. The van der Waals surface area contributed by atoms with Crippen molar-refractivity contribution in [2.45, 2.75) is 26.8 Å². The van der Waals surface area contributed by atoms with Gasteiger partial charge in [-0.2, -0.15) is 0 Å². The van der Waals surface area contributed by atoms with Crippen molar-refractivity contribution in [3.8, 4) is 0 Å². The molecule has 0 unspecified atom stereocenters. The second kappa shape index (κ2) is 6.89. The fourth-order valence-electron chi connectivity index (χ4n) is 3.06. The summed E-state index contributed by atoms with van der Waals surface area (Å²) in [6.45, 7) is 8.54. The summed E-state index contributed by atoms with van der Waals surface area (Å²) >= 11 is 0. The molecular weight excluding hydrogens is 268 g/mol. The van der Waals surface area contributed by atoms with Gasteiger partial charge in [-0.15, -0.1) is 0 Å². The molecule has 1 heterocycles. The number of nitrogens with zero attached hydrogens (tertiary/aromatic N) is 2. The molecule has 1 aliphatic heterocycles. The van der Waals surface area contributed by atoms with Gasteiger partial charge in [-0.25, -0.2) is 0 Å². The predicted molar refractivity (Wildman–Crippen MR) is 93.7 cm³/mol. The van der Waals surface area contributed by atoms with E-state index in [1.807, 2.05) is 0 Å². The molecule has 0 aliphatic carbocycles. The molecule has 0 fully saturated rings. The van der Waals surface area contributed by atoms with Crippen LogP contribution in [0.4, 0.5) is 0 Å². The Morgan fingerprint density at radius 2 is 1.68 bits per heavy atom. The van der Waals surface area contributed by atoms with Gasteiger partial charge in [-0.3, -0.25) is 9.89 Å². The van der Waals surface area contributed by atoms with Gasteiger partial charge < -0.3 is 0 Å². The van der Waals surface area contributed by atoms with Crippen molar-refractivity contribution in [3.05, 3.63) is 70.8 Å². The molecule has 1 aliphatic rings. The zero-order valence-corrected chi connectivity index (χ0v) is 13.5. The number of hydrogen-bond acceptors (Lipinski definition) is 2.